The van der Waals surface area contributed by atoms with Crippen molar-refractivity contribution in [2.75, 3.05) is 38.2 Å². The van der Waals surface area contributed by atoms with Crippen LogP contribution in [-0.2, 0) is 4.74 Å². The van der Waals surface area contributed by atoms with Crippen molar-refractivity contribution in [2.45, 2.75) is 31.7 Å². The molecule has 34 heavy (non-hydrogen) atoms. The minimum absolute atomic E-state index is 0.165. The highest BCUT2D eigenvalue weighted by molar-refractivity contribution is 7.17. The summed E-state index contributed by atoms with van der Waals surface area (Å²) >= 11 is 1.37. The molecule has 3 aliphatic rings. The van der Waals surface area contributed by atoms with Crippen LogP contribution < -0.4 is 5.32 Å². The topological polar surface area (TPSA) is 50.3 Å². The number of anilines is 1. The van der Waals surface area contributed by atoms with Gasteiger partial charge in [0, 0.05) is 55.9 Å². The highest BCUT2D eigenvalue weighted by atomic mass is 32.1. The summed E-state index contributed by atoms with van der Waals surface area (Å²) in [5.74, 6) is -0.392. The number of nitrogens with one attached hydrogen (secondary N) is 1. The normalized spacial score (nSPS) is 25.8. The Morgan fingerprint density at radius 2 is 1.82 bits per heavy atom. The van der Waals surface area contributed by atoms with Crippen molar-refractivity contribution < 1.29 is 17.9 Å². The molecule has 0 radical (unpaired) electrons. The molecule has 2 aliphatic heterocycles. The predicted octanol–water partition coefficient (Wildman–Crippen LogP) is 5.32. The number of aromatic nitrogens is 2. The number of nitrogens with zero attached hydrogens (tertiary/aromatic N) is 3. The lowest BCUT2D eigenvalue weighted by Crippen LogP contribution is -2.32. The van der Waals surface area contributed by atoms with Crippen LogP contribution in [0.3, 0.4) is 0 Å². The first-order valence-corrected chi connectivity index (χ1v) is 12.9. The Bertz CT molecular complexity index is 1180. The predicted molar refractivity (Wildman–Crippen MR) is 126 cm³/mol. The number of ether oxygens (including phenoxy) is 1. The van der Waals surface area contributed by atoms with Crippen molar-refractivity contribution >= 4 is 27.2 Å². The van der Waals surface area contributed by atoms with Crippen LogP contribution in [0, 0.1) is 35.2 Å². The Balaban J connectivity index is 1.15. The molecule has 4 heterocycles. The van der Waals surface area contributed by atoms with E-state index in [1.165, 1.54) is 30.7 Å². The van der Waals surface area contributed by atoms with Gasteiger partial charge in [-0.05, 0) is 60.9 Å². The molecular weight excluding hydrogens is 461 g/mol. The van der Waals surface area contributed by atoms with Crippen molar-refractivity contribution in [3.63, 3.8) is 0 Å². The van der Waals surface area contributed by atoms with Gasteiger partial charge in [0.15, 0.2) is 17.5 Å². The van der Waals surface area contributed by atoms with Crippen LogP contribution in [0.15, 0.2) is 23.6 Å². The van der Waals surface area contributed by atoms with Gasteiger partial charge in [0.05, 0.1) is 4.70 Å². The van der Waals surface area contributed by atoms with Crippen LogP contribution in [0.4, 0.5) is 19.0 Å². The molecule has 1 saturated carbocycles. The molecule has 5 nitrogen and oxygen atoms in total. The molecular formula is C25H27F3N4OS. The van der Waals surface area contributed by atoms with Gasteiger partial charge in [0.2, 0.25) is 0 Å². The molecule has 3 atom stereocenters. The lowest BCUT2D eigenvalue weighted by molar-refractivity contribution is 0.0545. The van der Waals surface area contributed by atoms with E-state index >= 15 is 0 Å². The van der Waals surface area contributed by atoms with Gasteiger partial charge in [-0.1, -0.05) is 0 Å². The van der Waals surface area contributed by atoms with E-state index in [0.29, 0.717) is 34.5 Å². The lowest BCUT2D eigenvalue weighted by Gasteiger charge is -2.27. The van der Waals surface area contributed by atoms with Crippen LogP contribution in [-0.4, -0.2) is 54.0 Å². The quantitative estimate of drug-likeness (QED) is 0.493. The smallest absolute Gasteiger partial charge is 0.168 e. The molecule has 2 saturated heterocycles. The second-order valence-electron chi connectivity index (χ2n) is 9.92. The third-order valence-electron chi connectivity index (χ3n) is 7.66. The van der Waals surface area contributed by atoms with Gasteiger partial charge in [-0.3, -0.25) is 0 Å². The Kier molecular flexibility index (Phi) is 5.95. The van der Waals surface area contributed by atoms with Gasteiger partial charge in [-0.15, -0.1) is 21.5 Å². The second-order valence-corrected chi connectivity index (χ2v) is 10.8. The number of halogens is 3. The van der Waals surface area contributed by atoms with Gasteiger partial charge >= 0.3 is 0 Å². The molecule has 1 unspecified atom stereocenters. The lowest BCUT2D eigenvalue weighted by atomic mass is 10.00. The summed E-state index contributed by atoms with van der Waals surface area (Å²) in [5.41, 5.74) is -0.0393. The van der Waals surface area contributed by atoms with Crippen molar-refractivity contribution in [1.29, 1.82) is 0 Å². The average Bonchev–Trinajstić information content (AvgIpc) is 3.53. The maximum atomic E-state index is 14.4. The first-order chi connectivity index (χ1) is 16.5. The maximum Gasteiger partial charge on any atom is 0.168 e. The molecule has 180 valence electrons. The van der Waals surface area contributed by atoms with Gasteiger partial charge in [0.25, 0.3) is 0 Å². The summed E-state index contributed by atoms with van der Waals surface area (Å²) < 4.78 is 48.1. The fourth-order valence-corrected chi connectivity index (χ4v) is 6.94. The Morgan fingerprint density at radius 1 is 1.06 bits per heavy atom. The van der Waals surface area contributed by atoms with E-state index < -0.39 is 17.5 Å². The van der Waals surface area contributed by atoms with Crippen molar-refractivity contribution in [3.8, 4) is 11.3 Å². The molecule has 9 heteroatoms. The standard InChI is InChI=1S/C25H27F3N4OS/c26-17-9-20(22(28)21(27)10-17)23-24-19(3-6-34-24)25(31-30-23)29-18-7-15-12-32(13-16(15)8-18)11-14-1-4-33-5-2-14/h3,6,9-10,14-16,18H,1-2,4-5,7-8,11-13H2,(H,29,31)/t15-,16?,18+/m1/s1. The summed E-state index contributed by atoms with van der Waals surface area (Å²) in [6.45, 7) is 5.30. The molecule has 0 amide bonds. The van der Waals surface area contributed by atoms with Gasteiger partial charge in [-0.25, -0.2) is 13.2 Å². The molecule has 0 spiro atoms. The van der Waals surface area contributed by atoms with Crippen LogP contribution in [0.2, 0.25) is 0 Å². The Labute approximate surface area is 200 Å². The molecule has 1 N–H and O–H groups in total. The second kappa shape index (κ2) is 9.09. The number of fused-ring (bicyclic) bond motifs is 2. The van der Waals surface area contributed by atoms with Gasteiger partial charge < -0.3 is 15.0 Å². The number of thiophene rings is 1. The van der Waals surface area contributed by atoms with Crippen LogP contribution >= 0.6 is 11.3 Å². The molecule has 2 aromatic heterocycles. The number of hydrogen-bond donors (Lipinski definition) is 1. The van der Waals surface area contributed by atoms with Crippen molar-refractivity contribution in [2.24, 2.45) is 17.8 Å². The first kappa shape index (κ1) is 22.2. The van der Waals surface area contributed by atoms with Crippen LogP contribution in [0.5, 0.6) is 0 Å². The highest BCUT2D eigenvalue weighted by Gasteiger charge is 2.41. The third kappa shape index (κ3) is 4.18. The molecule has 3 fully saturated rings. The Morgan fingerprint density at radius 3 is 2.59 bits per heavy atom. The van der Waals surface area contributed by atoms with Crippen LogP contribution in [0.25, 0.3) is 21.3 Å². The van der Waals surface area contributed by atoms with E-state index in [9.17, 15) is 13.2 Å². The SMILES string of the molecule is Fc1cc(F)c(F)c(-c2nnc(N[C@@H]3CC4CN(CC5CCOCC5)C[C@H]4C3)c3ccsc23)c1. The number of likely N-dealkylation sites (tertiary alicyclic amines) is 1. The third-order valence-corrected chi connectivity index (χ3v) is 8.58. The van der Waals surface area contributed by atoms with Crippen molar-refractivity contribution in [3.05, 3.63) is 41.0 Å². The van der Waals surface area contributed by atoms with Crippen LogP contribution in [0.1, 0.15) is 25.7 Å². The zero-order valence-electron chi connectivity index (χ0n) is 18.8. The van der Waals surface area contributed by atoms with E-state index in [1.54, 1.807) is 0 Å². The fourth-order valence-electron chi connectivity index (χ4n) is 6.04. The molecule has 1 aliphatic carbocycles. The summed E-state index contributed by atoms with van der Waals surface area (Å²) in [6, 6.07) is 3.72. The largest absolute Gasteiger partial charge is 0.381 e. The molecule has 3 aromatic rings. The molecule has 1 aromatic carbocycles. The number of rotatable bonds is 5. The summed E-state index contributed by atoms with van der Waals surface area (Å²) in [5, 5.41) is 14.7. The Hall–Kier alpha value is -2.23. The molecule has 0 bridgehead atoms. The monoisotopic (exact) mass is 488 g/mol. The summed E-state index contributed by atoms with van der Waals surface area (Å²) in [7, 11) is 0. The first-order valence-electron chi connectivity index (χ1n) is 12.0. The zero-order valence-corrected chi connectivity index (χ0v) is 19.6. The number of benzene rings is 1. The zero-order chi connectivity index (χ0) is 23.2. The minimum Gasteiger partial charge on any atom is -0.381 e. The van der Waals surface area contributed by atoms with E-state index in [4.69, 9.17) is 4.74 Å². The molecule has 6 rings (SSSR count). The van der Waals surface area contributed by atoms with Crippen molar-refractivity contribution in [1.82, 2.24) is 15.1 Å². The maximum absolute atomic E-state index is 14.4. The summed E-state index contributed by atoms with van der Waals surface area (Å²) in [4.78, 5) is 2.64. The van der Waals surface area contributed by atoms with E-state index in [1.807, 2.05) is 11.4 Å². The highest BCUT2D eigenvalue weighted by Crippen LogP contribution is 2.41. The van der Waals surface area contributed by atoms with E-state index in [-0.39, 0.29) is 11.3 Å². The fraction of sp³-hybridized carbons (Fsp3) is 0.520. The average molecular weight is 489 g/mol. The van der Waals surface area contributed by atoms with E-state index in [0.717, 1.165) is 56.5 Å². The number of hydrogen-bond acceptors (Lipinski definition) is 6. The van der Waals surface area contributed by atoms with E-state index in [2.05, 4.69) is 20.4 Å². The summed E-state index contributed by atoms with van der Waals surface area (Å²) in [6.07, 6.45) is 4.53. The van der Waals surface area contributed by atoms with Gasteiger partial charge in [-0.2, -0.15) is 0 Å². The van der Waals surface area contributed by atoms with Gasteiger partial charge in [0.1, 0.15) is 11.5 Å². The minimum atomic E-state index is -1.23.